The van der Waals surface area contributed by atoms with E-state index in [0.717, 1.165) is 11.1 Å². The summed E-state index contributed by atoms with van der Waals surface area (Å²) in [6, 6.07) is 9.30. The fraction of sp³-hybridized carbons (Fsp3) is 0.0714. The summed E-state index contributed by atoms with van der Waals surface area (Å²) in [6.45, 7) is 0. The van der Waals surface area contributed by atoms with Crippen LogP contribution in [0.5, 0.6) is 5.75 Å². The summed E-state index contributed by atoms with van der Waals surface area (Å²) in [7, 11) is 1.60. The molecule has 0 amide bonds. The van der Waals surface area contributed by atoms with Gasteiger partial charge in [-0.2, -0.15) is 0 Å². The molecule has 0 saturated heterocycles. The van der Waals surface area contributed by atoms with Gasteiger partial charge < -0.3 is 10.5 Å². The van der Waals surface area contributed by atoms with Crippen molar-refractivity contribution in [3.63, 3.8) is 0 Å². The molecule has 2 N–H and O–H groups in total. The van der Waals surface area contributed by atoms with E-state index in [-0.39, 0.29) is 0 Å². The van der Waals surface area contributed by atoms with E-state index >= 15 is 0 Å². The molecule has 0 bridgehead atoms. The van der Waals surface area contributed by atoms with Crippen LogP contribution in [0, 0.1) is 11.8 Å². The van der Waals surface area contributed by atoms with Gasteiger partial charge in [0.25, 0.3) is 0 Å². The lowest BCUT2D eigenvalue weighted by molar-refractivity contribution is 0.413. The van der Waals surface area contributed by atoms with E-state index in [1.807, 2.05) is 30.3 Å². The lowest BCUT2D eigenvalue weighted by atomic mass is 10.2. The minimum atomic E-state index is 0.698. The number of nitrogens with two attached hydrogens (primary N) is 1. The predicted molar refractivity (Wildman–Crippen MR) is 67.6 cm³/mol. The lowest BCUT2D eigenvalue weighted by Gasteiger charge is -1.97. The zero-order chi connectivity index (χ0) is 12.1. The molecule has 0 aliphatic heterocycles. The van der Waals surface area contributed by atoms with Crippen LogP contribution in [0.3, 0.4) is 0 Å². The smallest absolute Gasteiger partial charge is 0.138 e. The highest BCUT2D eigenvalue weighted by atomic mass is 16.5. The molecular formula is C14H12N2O. The molecule has 0 spiro atoms. The Morgan fingerprint density at radius 3 is 2.71 bits per heavy atom. The van der Waals surface area contributed by atoms with Gasteiger partial charge in [0.1, 0.15) is 5.75 Å². The van der Waals surface area contributed by atoms with Crippen molar-refractivity contribution in [3.05, 3.63) is 53.9 Å². The van der Waals surface area contributed by atoms with Gasteiger partial charge in [-0.1, -0.05) is 17.9 Å². The average Bonchev–Trinajstić information content (AvgIpc) is 2.37. The Morgan fingerprint density at radius 1 is 1.12 bits per heavy atom. The topological polar surface area (TPSA) is 48.1 Å². The van der Waals surface area contributed by atoms with Crippen LogP contribution in [0.1, 0.15) is 11.1 Å². The number of aromatic nitrogens is 1. The number of nitrogens with zero attached hydrogens (tertiary/aromatic N) is 1. The van der Waals surface area contributed by atoms with Gasteiger partial charge in [-0.3, -0.25) is 4.98 Å². The van der Waals surface area contributed by atoms with Gasteiger partial charge in [0.2, 0.25) is 0 Å². The van der Waals surface area contributed by atoms with Gasteiger partial charge in [0, 0.05) is 23.0 Å². The minimum absolute atomic E-state index is 0.698. The Morgan fingerprint density at radius 2 is 1.94 bits per heavy atom. The Labute approximate surface area is 100 Å². The number of methoxy groups -OCH3 is 1. The summed E-state index contributed by atoms with van der Waals surface area (Å²) in [5.74, 6) is 6.74. The quantitative estimate of drug-likeness (QED) is 0.596. The summed E-state index contributed by atoms with van der Waals surface area (Å²) in [4.78, 5) is 4.03. The Bertz CT molecular complexity index is 582. The molecule has 0 aliphatic carbocycles. The number of benzene rings is 1. The molecule has 1 aromatic heterocycles. The second-order valence-corrected chi connectivity index (χ2v) is 3.49. The van der Waals surface area contributed by atoms with Gasteiger partial charge in [0.05, 0.1) is 13.3 Å². The number of hydrogen-bond acceptors (Lipinski definition) is 3. The molecule has 17 heavy (non-hydrogen) atoms. The zero-order valence-corrected chi connectivity index (χ0v) is 9.47. The number of anilines is 1. The van der Waals surface area contributed by atoms with Gasteiger partial charge >= 0.3 is 0 Å². The highest BCUT2D eigenvalue weighted by Crippen LogP contribution is 2.10. The minimum Gasteiger partial charge on any atom is -0.495 e. The number of hydrogen-bond donors (Lipinski definition) is 1. The molecule has 1 heterocycles. The third-order valence-corrected chi connectivity index (χ3v) is 2.19. The maximum atomic E-state index is 5.67. The molecule has 0 unspecified atom stereocenters. The number of rotatable bonds is 1. The van der Waals surface area contributed by atoms with Crippen LogP contribution in [0.25, 0.3) is 0 Å². The van der Waals surface area contributed by atoms with Gasteiger partial charge in [-0.15, -0.1) is 0 Å². The second kappa shape index (κ2) is 5.04. The number of pyridine rings is 1. The van der Waals surface area contributed by atoms with Crippen LogP contribution < -0.4 is 10.5 Å². The molecule has 2 aromatic rings. The van der Waals surface area contributed by atoms with Gasteiger partial charge in [-0.25, -0.2) is 0 Å². The Kier molecular flexibility index (Phi) is 3.27. The predicted octanol–water partition coefficient (Wildman–Crippen LogP) is 2.07. The Balaban J connectivity index is 2.26. The van der Waals surface area contributed by atoms with Crippen molar-refractivity contribution in [2.45, 2.75) is 0 Å². The van der Waals surface area contributed by atoms with Gasteiger partial charge in [-0.05, 0) is 24.3 Å². The van der Waals surface area contributed by atoms with E-state index in [9.17, 15) is 0 Å². The summed E-state index contributed by atoms with van der Waals surface area (Å²) in [6.07, 6.45) is 3.34. The monoisotopic (exact) mass is 224 g/mol. The van der Waals surface area contributed by atoms with Crippen LogP contribution in [0.2, 0.25) is 0 Å². The van der Waals surface area contributed by atoms with Crippen LogP contribution in [-0.2, 0) is 0 Å². The Hall–Kier alpha value is -2.47. The number of ether oxygens (including phenoxy) is 1. The summed E-state index contributed by atoms with van der Waals surface area (Å²) in [5, 5.41) is 0. The third kappa shape index (κ3) is 2.99. The molecule has 3 nitrogen and oxygen atoms in total. The van der Waals surface area contributed by atoms with E-state index in [1.165, 1.54) is 0 Å². The van der Waals surface area contributed by atoms with Crippen molar-refractivity contribution in [3.8, 4) is 17.6 Å². The molecule has 1 aromatic carbocycles. The summed E-state index contributed by atoms with van der Waals surface area (Å²) < 4.78 is 5.08. The van der Waals surface area contributed by atoms with Crippen molar-refractivity contribution >= 4 is 5.69 Å². The fourth-order valence-electron chi connectivity index (χ4n) is 1.36. The first-order valence-electron chi connectivity index (χ1n) is 5.14. The summed E-state index contributed by atoms with van der Waals surface area (Å²) in [5.41, 5.74) is 8.08. The largest absolute Gasteiger partial charge is 0.495 e. The van der Waals surface area contributed by atoms with E-state index in [2.05, 4.69) is 16.8 Å². The molecule has 3 heteroatoms. The summed E-state index contributed by atoms with van der Waals surface area (Å²) >= 11 is 0. The molecule has 0 atom stereocenters. The molecule has 84 valence electrons. The maximum Gasteiger partial charge on any atom is 0.138 e. The third-order valence-electron chi connectivity index (χ3n) is 2.19. The fourth-order valence-corrected chi connectivity index (χ4v) is 1.36. The normalized spacial score (nSPS) is 9.24. The first-order valence-corrected chi connectivity index (χ1v) is 5.14. The van der Waals surface area contributed by atoms with Crippen molar-refractivity contribution in [1.82, 2.24) is 4.98 Å². The second-order valence-electron chi connectivity index (χ2n) is 3.49. The first kappa shape index (κ1) is 11.0. The first-order chi connectivity index (χ1) is 8.28. The molecule has 2 rings (SSSR count). The molecule has 0 aliphatic rings. The average molecular weight is 224 g/mol. The van der Waals surface area contributed by atoms with E-state index in [4.69, 9.17) is 10.5 Å². The zero-order valence-electron chi connectivity index (χ0n) is 9.47. The molecule has 0 saturated carbocycles. The van der Waals surface area contributed by atoms with Crippen LogP contribution in [0.4, 0.5) is 5.69 Å². The van der Waals surface area contributed by atoms with Crippen molar-refractivity contribution in [2.75, 3.05) is 12.8 Å². The van der Waals surface area contributed by atoms with Crippen LogP contribution in [0.15, 0.2) is 42.7 Å². The van der Waals surface area contributed by atoms with Crippen molar-refractivity contribution in [1.29, 1.82) is 0 Å². The van der Waals surface area contributed by atoms with Crippen LogP contribution in [-0.4, -0.2) is 12.1 Å². The standard InChI is InChI=1S/C14H12N2O/c1-17-14-8-12(9-16-10-14)6-5-11-3-2-4-13(15)7-11/h2-4,7-10H,15H2,1H3. The highest BCUT2D eigenvalue weighted by molar-refractivity contribution is 5.49. The SMILES string of the molecule is COc1cncc(C#Cc2cccc(N)c2)c1. The van der Waals surface area contributed by atoms with E-state index < -0.39 is 0 Å². The van der Waals surface area contributed by atoms with Crippen LogP contribution >= 0.6 is 0 Å². The molecule has 0 fully saturated rings. The molecular weight excluding hydrogens is 212 g/mol. The molecule has 0 radical (unpaired) electrons. The maximum absolute atomic E-state index is 5.67. The number of nitrogen functional groups attached to an aromatic ring is 1. The van der Waals surface area contributed by atoms with E-state index in [0.29, 0.717) is 11.4 Å². The lowest BCUT2D eigenvalue weighted by Crippen LogP contribution is -1.86. The van der Waals surface area contributed by atoms with Crippen molar-refractivity contribution < 1.29 is 4.74 Å². The highest BCUT2D eigenvalue weighted by Gasteiger charge is 1.93. The van der Waals surface area contributed by atoms with E-state index in [1.54, 1.807) is 19.5 Å². The van der Waals surface area contributed by atoms with Gasteiger partial charge in [0.15, 0.2) is 0 Å². The van der Waals surface area contributed by atoms with Crippen molar-refractivity contribution in [2.24, 2.45) is 0 Å².